The van der Waals surface area contributed by atoms with Crippen molar-refractivity contribution >= 4 is 23.4 Å². The van der Waals surface area contributed by atoms with Crippen LogP contribution in [-0.4, -0.2) is 25.7 Å². The van der Waals surface area contributed by atoms with Crippen LogP contribution < -0.4 is 5.32 Å². The fourth-order valence-electron chi connectivity index (χ4n) is 3.35. The highest BCUT2D eigenvalue weighted by atomic mass is 32.2. The Labute approximate surface area is 182 Å². The molecule has 0 spiro atoms. The van der Waals surface area contributed by atoms with E-state index in [0.717, 1.165) is 34.1 Å². The van der Waals surface area contributed by atoms with E-state index >= 15 is 0 Å². The van der Waals surface area contributed by atoms with E-state index in [1.54, 1.807) is 18.5 Å². The van der Waals surface area contributed by atoms with Gasteiger partial charge in [-0.3, -0.25) is 9.48 Å². The molecule has 0 aliphatic rings. The van der Waals surface area contributed by atoms with Crippen molar-refractivity contribution in [2.24, 2.45) is 5.92 Å². The van der Waals surface area contributed by atoms with Crippen molar-refractivity contribution < 1.29 is 4.79 Å². The Hall–Kier alpha value is -2.67. The van der Waals surface area contributed by atoms with Crippen molar-refractivity contribution in [2.45, 2.75) is 64.1 Å². The largest absolute Gasteiger partial charge is 0.326 e. The molecule has 0 atom stereocenters. The summed E-state index contributed by atoms with van der Waals surface area (Å²) in [6, 6.07) is 7.76. The fraction of sp³-hybridized carbons (Fsp3) is 0.391. The van der Waals surface area contributed by atoms with E-state index in [1.165, 1.54) is 17.3 Å². The van der Waals surface area contributed by atoms with Crippen molar-refractivity contribution in [3.05, 3.63) is 59.2 Å². The number of rotatable bonds is 8. The van der Waals surface area contributed by atoms with Crippen LogP contribution in [0.5, 0.6) is 0 Å². The van der Waals surface area contributed by atoms with E-state index in [-0.39, 0.29) is 5.91 Å². The Kier molecular flexibility index (Phi) is 7.26. The van der Waals surface area contributed by atoms with Gasteiger partial charge in [0.1, 0.15) is 0 Å². The summed E-state index contributed by atoms with van der Waals surface area (Å²) in [5.74, 6) is 0.553. The zero-order valence-electron chi connectivity index (χ0n) is 18.3. The Balaban J connectivity index is 1.59. The van der Waals surface area contributed by atoms with Crippen molar-refractivity contribution in [3.63, 3.8) is 0 Å². The van der Waals surface area contributed by atoms with Gasteiger partial charge in [0.15, 0.2) is 5.16 Å². The Morgan fingerprint density at radius 2 is 1.90 bits per heavy atom. The van der Waals surface area contributed by atoms with Gasteiger partial charge in [0.2, 0.25) is 5.91 Å². The van der Waals surface area contributed by atoms with Crippen LogP contribution in [0.2, 0.25) is 0 Å². The molecular formula is C23H29N5OS. The summed E-state index contributed by atoms with van der Waals surface area (Å²) in [6.45, 7) is 11.4. The zero-order chi connectivity index (χ0) is 21.7. The molecule has 1 amide bonds. The number of nitrogens with one attached hydrogen (secondary N) is 1. The lowest BCUT2D eigenvalue weighted by molar-refractivity contribution is -0.116. The maximum atomic E-state index is 12.6. The van der Waals surface area contributed by atoms with Crippen LogP contribution in [-0.2, 0) is 17.8 Å². The number of amides is 1. The second-order valence-electron chi connectivity index (χ2n) is 7.88. The van der Waals surface area contributed by atoms with E-state index in [4.69, 9.17) is 0 Å². The number of hydrogen-bond donors (Lipinski definition) is 1. The van der Waals surface area contributed by atoms with Crippen LogP contribution in [0, 0.1) is 26.7 Å². The number of carbonyl (C=O) groups is 1. The highest BCUT2D eigenvalue weighted by Crippen LogP contribution is 2.28. The monoisotopic (exact) mass is 423 g/mol. The molecule has 158 valence electrons. The van der Waals surface area contributed by atoms with Gasteiger partial charge in [-0.05, 0) is 80.3 Å². The van der Waals surface area contributed by atoms with Gasteiger partial charge < -0.3 is 5.32 Å². The molecule has 0 aliphatic heterocycles. The molecule has 3 aromatic rings. The lowest BCUT2D eigenvalue weighted by atomic mass is 10.1. The fourth-order valence-corrected chi connectivity index (χ4v) is 4.16. The van der Waals surface area contributed by atoms with Gasteiger partial charge >= 0.3 is 0 Å². The lowest BCUT2D eigenvalue weighted by Crippen LogP contribution is -2.13. The molecule has 2 heterocycles. The first-order chi connectivity index (χ1) is 14.3. The van der Waals surface area contributed by atoms with Gasteiger partial charge in [-0.1, -0.05) is 13.8 Å². The second-order valence-corrected chi connectivity index (χ2v) is 8.92. The normalized spacial score (nSPS) is 11.1. The van der Waals surface area contributed by atoms with Gasteiger partial charge in [-0.2, -0.15) is 5.10 Å². The molecule has 0 saturated carbocycles. The SMILES string of the molecule is Cc1cc(Sc2ncccn2)ccc1NC(=O)CCc1c(C)nn(CC(C)C)c1C. The minimum absolute atomic E-state index is 0.0142. The summed E-state index contributed by atoms with van der Waals surface area (Å²) in [5.41, 5.74) is 5.21. The average molecular weight is 424 g/mol. The van der Waals surface area contributed by atoms with E-state index in [9.17, 15) is 4.79 Å². The first-order valence-electron chi connectivity index (χ1n) is 10.2. The quantitative estimate of drug-likeness (QED) is 0.518. The molecule has 30 heavy (non-hydrogen) atoms. The summed E-state index contributed by atoms with van der Waals surface area (Å²) in [5, 5.41) is 8.39. The van der Waals surface area contributed by atoms with Gasteiger partial charge in [-0.15, -0.1) is 0 Å². The van der Waals surface area contributed by atoms with Gasteiger partial charge in [0, 0.05) is 41.6 Å². The molecule has 0 saturated heterocycles. The predicted octanol–water partition coefficient (Wildman–Crippen LogP) is 4.98. The molecule has 0 bridgehead atoms. The molecule has 3 rings (SSSR count). The molecule has 0 radical (unpaired) electrons. The molecule has 0 fully saturated rings. The summed E-state index contributed by atoms with van der Waals surface area (Å²) in [7, 11) is 0. The molecule has 1 N–H and O–H groups in total. The number of anilines is 1. The topological polar surface area (TPSA) is 72.7 Å². The molecular weight excluding hydrogens is 394 g/mol. The zero-order valence-corrected chi connectivity index (χ0v) is 19.1. The van der Waals surface area contributed by atoms with Crippen LogP contribution in [0.1, 0.15) is 42.8 Å². The van der Waals surface area contributed by atoms with Gasteiger partial charge in [0.05, 0.1) is 5.69 Å². The third-order valence-electron chi connectivity index (χ3n) is 4.89. The summed E-state index contributed by atoms with van der Waals surface area (Å²) in [4.78, 5) is 22.1. The molecule has 1 aromatic carbocycles. The molecule has 2 aromatic heterocycles. The predicted molar refractivity (Wildman–Crippen MR) is 121 cm³/mol. The van der Waals surface area contributed by atoms with E-state index in [0.29, 0.717) is 23.9 Å². The number of carbonyl (C=O) groups excluding carboxylic acids is 1. The third kappa shape index (κ3) is 5.69. The highest BCUT2D eigenvalue weighted by molar-refractivity contribution is 7.99. The third-order valence-corrected chi connectivity index (χ3v) is 5.78. The first-order valence-corrected chi connectivity index (χ1v) is 11.0. The smallest absolute Gasteiger partial charge is 0.224 e. The average Bonchev–Trinajstić information content (AvgIpc) is 2.95. The van der Waals surface area contributed by atoms with Crippen LogP contribution >= 0.6 is 11.8 Å². The second kappa shape index (κ2) is 9.89. The molecule has 0 aliphatic carbocycles. The summed E-state index contributed by atoms with van der Waals surface area (Å²) < 4.78 is 2.06. The lowest BCUT2D eigenvalue weighted by Gasteiger charge is -2.10. The Bertz CT molecular complexity index is 1010. The van der Waals surface area contributed by atoms with Gasteiger partial charge in [-0.25, -0.2) is 9.97 Å². The molecule has 0 unspecified atom stereocenters. The molecule has 7 heteroatoms. The number of benzene rings is 1. The van der Waals surface area contributed by atoms with Crippen molar-refractivity contribution in [2.75, 3.05) is 5.32 Å². The van der Waals surface area contributed by atoms with E-state index in [1.807, 2.05) is 32.0 Å². The number of hydrogen-bond acceptors (Lipinski definition) is 5. The highest BCUT2D eigenvalue weighted by Gasteiger charge is 2.14. The van der Waals surface area contributed by atoms with Crippen LogP contribution in [0.15, 0.2) is 46.7 Å². The maximum absolute atomic E-state index is 12.6. The van der Waals surface area contributed by atoms with Crippen LogP contribution in [0.25, 0.3) is 0 Å². The number of aromatic nitrogens is 4. The number of nitrogens with zero attached hydrogens (tertiary/aromatic N) is 4. The van der Waals surface area contributed by atoms with Crippen LogP contribution in [0.3, 0.4) is 0 Å². The Morgan fingerprint density at radius 3 is 2.57 bits per heavy atom. The minimum Gasteiger partial charge on any atom is -0.326 e. The standard InChI is InChI=1S/C23H29N5OS/c1-15(2)14-28-18(5)20(17(4)27-28)8-10-22(29)26-21-9-7-19(13-16(21)3)30-23-24-11-6-12-25-23/h6-7,9,11-13,15H,8,10,14H2,1-5H3,(H,26,29). The number of aryl methyl sites for hydroxylation is 2. The molecule has 6 nitrogen and oxygen atoms in total. The Morgan fingerprint density at radius 1 is 1.17 bits per heavy atom. The van der Waals surface area contributed by atoms with E-state index < -0.39 is 0 Å². The first kappa shape index (κ1) is 22.0. The van der Waals surface area contributed by atoms with Crippen LogP contribution in [0.4, 0.5) is 5.69 Å². The maximum Gasteiger partial charge on any atom is 0.224 e. The summed E-state index contributed by atoms with van der Waals surface area (Å²) in [6.07, 6.45) is 4.59. The van der Waals surface area contributed by atoms with Crippen molar-refractivity contribution in [1.82, 2.24) is 19.7 Å². The van der Waals surface area contributed by atoms with E-state index in [2.05, 4.69) is 45.8 Å². The summed E-state index contributed by atoms with van der Waals surface area (Å²) >= 11 is 1.50. The minimum atomic E-state index is 0.0142. The van der Waals surface area contributed by atoms with Crippen molar-refractivity contribution in [1.29, 1.82) is 0 Å². The van der Waals surface area contributed by atoms with Gasteiger partial charge in [0.25, 0.3) is 0 Å². The van der Waals surface area contributed by atoms with Crippen molar-refractivity contribution in [3.8, 4) is 0 Å².